The Bertz CT molecular complexity index is 350. The number of hydrogen-bond donors (Lipinski definition) is 1. The molecular weight excluding hydrogens is 198 g/mol. The Balaban J connectivity index is 2.67. The van der Waals surface area contributed by atoms with Crippen molar-refractivity contribution in [3.63, 3.8) is 0 Å². The molecule has 0 aliphatic carbocycles. The summed E-state index contributed by atoms with van der Waals surface area (Å²) in [6, 6.07) is 8.89. The van der Waals surface area contributed by atoms with Gasteiger partial charge in [0.05, 0.1) is 0 Å². The first-order valence-electron chi connectivity index (χ1n) is 4.48. The fraction of sp³-hybridized carbons (Fsp3) is 0.300. The lowest BCUT2D eigenvalue weighted by atomic mass is 10.00. The maximum Gasteiger partial charge on any atom is 0.313 e. The maximum absolute atomic E-state index is 10.7. The van der Waals surface area contributed by atoms with E-state index in [9.17, 15) is 14.9 Å². The second-order valence-electron chi connectivity index (χ2n) is 3.24. The number of carbonyl (C=O) groups is 1. The number of carboxylic acids is 1. The predicted molar refractivity (Wildman–Crippen MR) is 53.1 cm³/mol. The van der Waals surface area contributed by atoms with Gasteiger partial charge in [0, 0.05) is 4.92 Å². The van der Waals surface area contributed by atoms with E-state index >= 15 is 0 Å². The molecule has 0 spiro atoms. The fourth-order valence-electron chi connectivity index (χ4n) is 1.31. The molecule has 1 aromatic carbocycles. The van der Waals surface area contributed by atoms with Gasteiger partial charge in [-0.15, -0.1) is 0 Å². The van der Waals surface area contributed by atoms with E-state index in [1.807, 2.05) is 6.07 Å². The molecule has 0 bridgehead atoms. The van der Waals surface area contributed by atoms with Gasteiger partial charge in [-0.05, 0) is 12.0 Å². The van der Waals surface area contributed by atoms with Gasteiger partial charge in [-0.3, -0.25) is 14.9 Å². The van der Waals surface area contributed by atoms with Gasteiger partial charge in [-0.1, -0.05) is 30.3 Å². The van der Waals surface area contributed by atoms with E-state index in [1.165, 1.54) is 0 Å². The minimum atomic E-state index is -1.13. The van der Waals surface area contributed by atoms with Gasteiger partial charge >= 0.3 is 5.97 Å². The molecule has 0 saturated heterocycles. The van der Waals surface area contributed by atoms with Crippen LogP contribution in [0.3, 0.4) is 0 Å². The molecule has 0 amide bonds. The monoisotopic (exact) mass is 209 g/mol. The Morgan fingerprint density at radius 3 is 2.47 bits per heavy atom. The minimum absolute atomic E-state index is 0.192. The third-order valence-corrected chi connectivity index (χ3v) is 2.04. The zero-order valence-corrected chi connectivity index (χ0v) is 8.00. The van der Waals surface area contributed by atoms with E-state index in [0.717, 1.165) is 5.56 Å². The molecule has 1 N–H and O–H groups in total. The Kier molecular flexibility index (Phi) is 3.79. The molecule has 0 aliphatic rings. The highest BCUT2D eigenvalue weighted by molar-refractivity contribution is 5.70. The van der Waals surface area contributed by atoms with Gasteiger partial charge in [0.2, 0.25) is 6.54 Å². The maximum atomic E-state index is 10.7. The molecule has 0 fully saturated rings. The van der Waals surface area contributed by atoms with Crippen LogP contribution in [0.25, 0.3) is 0 Å². The van der Waals surface area contributed by atoms with Crippen molar-refractivity contribution in [1.82, 2.24) is 0 Å². The molecule has 0 heterocycles. The van der Waals surface area contributed by atoms with Crippen molar-refractivity contribution in [2.24, 2.45) is 5.92 Å². The lowest BCUT2D eigenvalue weighted by Gasteiger charge is -2.07. The van der Waals surface area contributed by atoms with Gasteiger partial charge in [0.15, 0.2) is 0 Å². The average molecular weight is 209 g/mol. The molecule has 1 atom stereocenters. The first kappa shape index (κ1) is 11.2. The third kappa shape index (κ3) is 3.76. The second-order valence-corrected chi connectivity index (χ2v) is 3.24. The number of carboxylic acid groups (broad SMARTS) is 1. The summed E-state index contributed by atoms with van der Waals surface area (Å²) in [5.41, 5.74) is 0.798. The summed E-state index contributed by atoms with van der Waals surface area (Å²) in [5.74, 6) is -2.09. The fourth-order valence-corrected chi connectivity index (χ4v) is 1.31. The van der Waals surface area contributed by atoms with Crippen LogP contribution < -0.4 is 0 Å². The highest BCUT2D eigenvalue weighted by atomic mass is 16.6. The molecule has 0 radical (unpaired) electrons. The highest BCUT2D eigenvalue weighted by Crippen LogP contribution is 2.09. The summed E-state index contributed by atoms with van der Waals surface area (Å²) in [5, 5.41) is 19.0. The molecule has 15 heavy (non-hydrogen) atoms. The molecule has 80 valence electrons. The summed E-state index contributed by atoms with van der Waals surface area (Å²) in [7, 11) is 0. The lowest BCUT2D eigenvalue weighted by molar-refractivity contribution is -0.486. The van der Waals surface area contributed by atoms with E-state index in [2.05, 4.69) is 0 Å². The molecule has 0 saturated carbocycles. The molecule has 0 unspecified atom stereocenters. The van der Waals surface area contributed by atoms with Crippen LogP contribution >= 0.6 is 0 Å². The Labute approximate surface area is 86.5 Å². The molecule has 1 aromatic rings. The zero-order chi connectivity index (χ0) is 11.3. The van der Waals surface area contributed by atoms with Gasteiger partial charge in [0.1, 0.15) is 5.92 Å². The Hall–Kier alpha value is -1.91. The molecule has 0 aromatic heterocycles. The lowest BCUT2D eigenvalue weighted by Crippen LogP contribution is -2.24. The van der Waals surface area contributed by atoms with Gasteiger partial charge < -0.3 is 5.11 Å². The van der Waals surface area contributed by atoms with Crippen LogP contribution in [0.5, 0.6) is 0 Å². The van der Waals surface area contributed by atoms with E-state index in [-0.39, 0.29) is 6.42 Å². The molecular formula is C10H11NO4. The number of hydrogen-bond acceptors (Lipinski definition) is 3. The largest absolute Gasteiger partial charge is 0.481 e. The van der Waals surface area contributed by atoms with Gasteiger partial charge in [-0.2, -0.15) is 0 Å². The average Bonchev–Trinajstić information content (AvgIpc) is 2.17. The molecule has 0 aliphatic heterocycles. The van der Waals surface area contributed by atoms with Crippen molar-refractivity contribution in [2.75, 3.05) is 6.54 Å². The summed E-state index contributed by atoms with van der Waals surface area (Å²) in [6.07, 6.45) is 0.192. The molecule has 1 rings (SSSR count). The Morgan fingerprint density at radius 1 is 1.40 bits per heavy atom. The van der Waals surface area contributed by atoms with Crippen molar-refractivity contribution in [2.45, 2.75) is 6.42 Å². The first-order valence-corrected chi connectivity index (χ1v) is 4.48. The molecule has 5 nitrogen and oxygen atoms in total. The number of benzene rings is 1. The van der Waals surface area contributed by atoms with Gasteiger partial charge in [-0.25, -0.2) is 0 Å². The van der Waals surface area contributed by atoms with E-state index in [1.54, 1.807) is 24.3 Å². The van der Waals surface area contributed by atoms with Crippen molar-refractivity contribution >= 4 is 5.97 Å². The molecule has 5 heteroatoms. The highest BCUT2D eigenvalue weighted by Gasteiger charge is 2.23. The third-order valence-electron chi connectivity index (χ3n) is 2.04. The van der Waals surface area contributed by atoms with Crippen LogP contribution in [0.4, 0.5) is 0 Å². The van der Waals surface area contributed by atoms with E-state index in [4.69, 9.17) is 5.11 Å². The topological polar surface area (TPSA) is 80.4 Å². The minimum Gasteiger partial charge on any atom is -0.481 e. The van der Waals surface area contributed by atoms with Crippen LogP contribution in [0.2, 0.25) is 0 Å². The van der Waals surface area contributed by atoms with Gasteiger partial charge in [0.25, 0.3) is 0 Å². The summed E-state index contributed by atoms with van der Waals surface area (Å²) in [6.45, 7) is -0.537. The standard InChI is InChI=1S/C10H11NO4/c12-10(13)9(7-11(14)15)6-8-4-2-1-3-5-8/h1-5,9H,6-7H2,(H,12,13)/t9-/m1/s1. The first-order chi connectivity index (χ1) is 7.09. The quantitative estimate of drug-likeness (QED) is 0.583. The summed E-state index contributed by atoms with van der Waals surface area (Å²) < 4.78 is 0. The smallest absolute Gasteiger partial charge is 0.313 e. The number of nitrogens with zero attached hydrogens (tertiary/aromatic N) is 1. The van der Waals surface area contributed by atoms with Crippen molar-refractivity contribution in [3.05, 3.63) is 46.0 Å². The van der Waals surface area contributed by atoms with E-state index in [0.29, 0.717) is 0 Å². The number of nitro groups is 1. The van der Waals surface area contributed by atoms with Crippen LogP contribution in [-0.4, -0.2) is 22.5 Å². The van der Waals surface area contributed by atoms with Crippen molar-refractivity contribution in [1.29, 1.82) is 0 Å². The number of rotatable bonds is 5. The van der Waals surface area contributed by atoms with Crippen molar-refractivity contribution in [3.8, 4) is 0 Å². The van der Waals surface area contributed by atoms with E-state index < -0.39 is 23.4 Å². The van der Waals surface area contributed by atoms with Crippen LogP contribution in [-0.2, 0) is 11.2 Å². The summed E-state index contributed by atoms with van der Waals surface area (Å²) >= 11 is 0. The second kappa shape index (κ2) is 5.09. The van der Waals surface area contributed by atoms with Crippen LogP contribution in [0.15, 0.2) is 30.3 Å². The number of aliphatic carboxylic acids is 1. The van der Waals surface area contributed by atoms with Crippen LogP contribution in [0.1, 0.15) is 5.56 Å². The Morgan fingerprint density at radius 2 is 2.00 bits per heavy atom. The normalized spacial score (nSPS) is 12.0. The SMILES string of the molecule is O=C(O)[C@H](Cc1ccccc1)C[N+](=O)[O-]. The zero-order valence-electron chi connectivity index (χ0n) is 8.00. The van der Waals surface area contributed by atoms with Crippen molar-refractivity contribution < 1.29 is 14.8 Å². The predicted octanol–water partition coefficient (Wildman–Crippen LogP) is 1.21. The van der Waals surface area contributed by atoms with Crippen LogP contribution in [0, 0.1) is 16.0 Å². The summed E-state index contributed by atoms with van der Waals surface area (Å²) in [4.78, 5) is 20.4.